The molecule has 0 spiro atoms. The molecular weight excluding hydrogens is 270 g/mol. The molecule has 1 fully saturated rings. The number of rotatable bonds is 3. The van der Waals surface area contributed by atoms with Crippen LogP contribution in [0.3, 0.4) is 0 Å². The molecule has 1 heterocycles. The molecule has 0 aromatic heterocycles. The Labute approximate surface area is 124 Å². The summed E-state index contributed by atoms with van der Waals surface area (Å²) in [5.74, 6) is -0.543. The number of amides is 1. The van der Waals surface area contributed by atoms with E-state index in [4.69, 9.17) is 10.5 Å². The Morgan fingerprint density at radius 3 is 2.67 bits per heavy atom. The molecule has 6 nitrogen and oxygen atoms in total. The van der Waals surface area contributed by atoms with Gasteiger partial charge < -0.3 is 20.3 Å². The fourth-order valence-electron chi connectivity index (χ4n) is 2.65. The van der Waals surface area contributed by atoms with Gasteiger partial charge in [-0.3, -0.25) is 4.79 Å². The van der Waals surface area contributed by atoms with E-state index in [0.29, 0.717) is 24.2 Å². The summed E-state index contributed by atoms with van der Waals surface area (Å²) in [6.07, 6.45) is 1.44. The smallest absolute Gasteiger partial charge is 0.328 e. The third-order valence-electron chi connectivity index (χ3n) is 3.74. The van der Waals surface area contributed by atoms with Crippen LogP contribution in [-0.4, -0.2) is 50.6 Å². The predicted octanol–water partition coefficient (Wildman–Crippen LogP) is 1.11. The lowest BCUT2D eigenvalue weighted by atomic mass is 10.1. The highest BCUT2D eigenvalue weighted by Crippen LogP contribution is 2.26. The summed E-state index contributed by atoms with van der Waals surface area (Å²) in [5.41, 5.74) is 7.87. The van der Waals surface area contributed by atoms with Crippen molar-refractivity contribution in [3.05, 3.63) is 23.8 Å². The lowest BCUT2D eigenvalue weighted by Crippen LogP contribution is -2.41. The molecule has 114 valence electrons. The first-order valence-corrected chi connectivity index (χ1v) is 6.91. The van der Waals surface area contributed by atoms with Gasteiger partial charge in [0.25, 0.3) is 5.91 Å². The van der Waals surface area contributed by atoms with Gasteiger partial charge in [0.1, 0.15) is 6.04 Å². The lowest BCUT2D eigenvalue weighted by Gasteiger charge is -2.23. The number of nitrogens with zero attached hydrogens (tertiary/aromatic N) is 2. The van der Waals surface area contributed by atoms with Crippen molar-refractivity contribution in [2.75, 3.05) is 38.4 Å². The van der Waals surface area contributed by atoms with Crippen LogP contribution in [0.25, 0.3) is 0 Å². The zero-order chi connectivity index (χ0) is 15.6. The number of anilines is 2. The number of carbonyl (C=O) groups is 2. The molecule has 2 rings (SSSR count). The van der Waals surface area contributed by atoms with E-state index in [1.54, 1.807) is 17.0 Å². The molecule has 1 aliphatic rings. The van der Waals surface area contributed by atoms with Crippen molar-refractivity contribution in [2.24, 2.45) is 0 Å². The van der Waals surface area contributed by atoms with Gasteiger partial charge in [0.2, 0.25) is 0 Å². The fraction of sp³-hybridized carbons (Fsp3) is 0.467. The van der Waals surface area contributed by atoms with Gasteiger partial charge in [0, 0.05) is 26.2 Å². The summed E-state index contributed by atoms with van der Waals surface area (Å²) in [5, 5.41) is 0. The number of benzene rings is 1. The van der Waals surface area contributed by atoms with Crippen LogP contribution >= 0.6 is 0 Å². The van der Waals surface area contributed by atoms with Gasteiger partial charge in [-0.25, -0.2) is 4.79 Å². The Kier molecular flexibility index (Phi) is 4.35. The number of nitrogens with two attached hydrogens (primary N) is 1. The van der Waals surface area contributed by atoms with E-state index in [1.165, 1.54) is 7.11 Å². The van der Waals surface area contributed by atoms with Crippen molar-refractivity contribution < 1.29 is 14.3 Å². The maximum atomic E-state index is 12.6. The number of carbonyl (C=O) groups excluding carboxylic acids is 2. The number of ether oxygens (including phenoxy) is 1. The minimum Gasteiger partial charge on any atom is -0.467 e. The van der Waals surface area contributed by atoms with Crippen LogP contribution in [0.5, 0.6) is 0 Å². The summed E-state index contributed by atoms with van der Waals surface area (Å²) in [6.45, 7) is 0.563. The zero-order valence-electron chi connectivity index (χ0n) is 12.6. The minimum absolute atomic E-state index is 0.181. The van der Waals surface area contributed by atoms with Crippen LogP contribution in [0, 0.1) is 0 Å². The summed E-state index contributed by atoms with van der Waals surface area (Å²) in [7, 11) is 5.12. The number of nitrogen functional groups attached to an aromatic ring is 1. The molecule has 0 aliphatic carbocycles. The third-order valence-corrected chi connectivity index (χ3v) is 3.74. The molecule has 21 heavy (non-hydrogen) atoms. The van der Waals surface area contributed by atoms with Crippen molar-refractivity contribution in [1.29, 1.82) is 0 Å². The third kappa shape index (κ3) is 2.94. The Morgan fingerprint density at radius 1 is 1.38 bits per heavy atom. The molecule has 0 radical (unpaired) electrons. The zero-order valence-corrected chi connectivity index (χ0v) is 12.6. The van der Waals surface area contributed by atoms with E-state index < -0.39 is 6.04 Å². The van der Waals surface area contributed by atoms with Gasteiger partial charge in [-0.1, -0.05) is 0 Å². The molecule has 1 aliphatic heterocycles. The highest BCUT2D eigenvalue weighted by atomic mass is 16.5. The van der Waals surface area contributed by atoms with E-state index in [-0.39, 0.29) is 11.9 Å². The summed E-state index contributed by atoms with van der Waals surface area (Å²) in [6, 6.07) is 4.72. The van der Waals surface area contributed by atoms with Crippen LogP contribution in [0.2, 0.25) is 0 Å². The number of likely N-dealkylation sites (tertiary alicyclic amines) is 1. The van der Waals surface area contributed by atoms with E-state index in [2.05, 4.69) is 0 Å². The molecule has 2 N–H and O–H groups in total. The lowest BCUT2D eigenvalue weighted by molar-refractivity contribution is -0.145. The monoisotopic (exact) mass is 291 g/mol. The van der Waals surface area contributed by atoms with E-state index in [0.717, 1.165) is 12.1 Å². The Bertz CT molecular complexity index is 557. The topological polar surface area (TPSA) is 75.9 Å². The number of methoxy groups -OCH3 is 1. The summed E-state index contributed by atoms with van der Waals surface area (Å²) < 4.78 is 4.76. The van der Waals surface area contributed by atoms with Gasteiger partial charge in [-0.2, -0.15) is 0 Å². The quantitative estimate of drug-likeness (QED) is 0.667. The molecule has 1 aromatic carbocycles. The van der Waals surface area contributed by atoms with Crippen LogP contribution in [-0.2, 0) is 9.53 Å². The molecule has 1 aromatic rings. The van der Waals surface area contributed by atoms with Crippen LogP contribution < -0.4 is 10.6 Å². The highest BCUT2D eigenvalue weighted by molar-refractivity contribution is 5.98. The molecule has 1 atom stereocenters. The average molecular weight is 291 g/mol. The number of hydrogen-bond donors (Lipinski definition) is 1. The van der Waals surface area contributed by atoms with Crippen LogP contribution in [0.1, 0.15) is 23.2 Å². The largest absolute Gasteiger partial charge is 0.467 e. The molecule has 1 unspecified atom stereocenters. The van der Waals surface area contributed by atoms with Gasteiger partial charge in [-0.05, 0) is 31.0 Å². The van der Waals surface area contributed by atoms with Crippen molar-refractivity contribution in [1.82, 2.24) is 4.90 Å². The average Bonchev–Trinajstić information content (AvgIpc) is 2.94. The fourth-order valence-corrected chi connectivity index (χ4v) is 2.65. The molecule has 6 heteroatoms. The van der Waals surface area contributed by atoms with Gasteiger partial charge in [-0.15, -0.1) is 0 Å². The normalized spacial score (nSPS) is 17.7. The van der Waals surface area contributed by atoms with E-state index in [1.807, 2.05) is 25.1 Å². The maximum Gasteiger partial charge on any atom is 0.328 e. The molecule has 1 amide bonds. The first-order chi connectivity index (χ1) is 9.95. The molecule has 0 saturated carbocycles. The summed E-state index contributed by atoms with van der Waals surface area (Å²) in [4.78, 5) is 27.7. The number of esters is 1. The van der Waals surface area contributed by atoms with Gasteiger partial charge >= 0.3 is 5.97 Å². The van der Waals surface area contributed by atoms with Crippen molar-refractivity contribution in [3.8, 4) is 0 Å². The minimum atomic E-state index is -0.489. The second-order valence-electron chi connectivity index (χ2n) is 5.35. The molecule has 0 bridgehead atoms. The highest BCUT2D eigenvalue weighted by Gasteiger charge is 2.35. The van der Waals surface area contributed by atoms with Crippen molar-refractivity contribution in [3.63, 3.8) is 0 Å². The Hall–Kier alpha value is -2.24. The summed E-state index contributed by atoms with van der Waals surface area (Å²) >= 11 is 0. The first kappa shape index (κ1) is 15.2. The molecule has 1 saturated heterocycles. The maximum absolute atomic E-state index is 12.6. The predicted molar refractivity (Wildman–Crippen MR) is 81.3 cm³/mol. The van der Waals surface area contributed by atoms with E-state index in [9.17, 15) is 9.59 Å². The Balaban J connectivity index is 2.23. The van der Waals surface area contributed by atoms with Crippen molar-refractivity contribution >= 4 is 23.3 Å². The first-order valence-electron chi connectivity index (χ1n) is 6.91. The Morgan fingerprint density at radius 2 is 2.10 bits per heavy atom. The SMILES string of the molecule is COC(=O)C1CCCN1C(=O)c1ccc(N(C)C)c(N)c1. The molecular formula is C15H21N3O3. The standard InChI is InChI=1S/C15H21N3O3/c1-17(2)12-7-6-10(9-11(12)16)14(19)18-8-4-5-13(18)15(20)21-3/h6-7,9,13H,4-5,8,16H2,1-3H3. The second kappa shape index (κ2) is 6.03. The van der Waals surface area contributed by atoms with E-state index >= 15 is 0 Å². The van der Waals surface area contributed by atoms with Gasteiger partial charge in [0.15, 0.2) is 0 Å². The van der Waals surface area contributed by atoms with Crippen LogP contribution in [0.4, 0.5) is 11.4 Å². The van der Waals surface area contributed by atoms with Crippen molar-refractivity contribution in [2.45, 2.75) is 18.9 Å². The number of hydrogen-bond acceptors (Lipinski definition) is 5. The second-order valence-corrected chi connectivity index (χ2v) is 5.35. The van der Waals surface area contributed by atoms with Crippen LogP contribution in [0.15, 0.2) is 18.2 Å². The van der Waals surface area contributed by atoms with Gasteiger partial charge in [0.05, 0.1) is 18.5 Å².